The van der Waals surface area contributed by atoms with Crippen LogP contribution in [0.2, 0.25) is 0 Å². The molecule has 0 radical (unpaired) electrons. The molecular weight excluding hydrogens is 743 g/mol. The fourth-order valence-electron chi connectivity index (χ4n) is 9.18. The quantitative estimate of drug-likeness (QED) is 0.106. The lowest BCUT2D eigenvalue weighted by Gasteiger charge is -2.46. The zero-order valence-corrected chi connectivity index (χ0v) is 34.7. The number of hydrogen-bond acceptors (Lipinski definition) is 8. The first kappa shape index (κ1) is 41.5. The Bertz CT molecular complexity index is 2340. The molecule has 0 saturated heterocycles. The van der Waals surface area contributed by atoms with Crippen LogP contribution in [0, 0.1) is 5.41 Å². The third-order valence-corrected chi connectivity index (χ3v) is 12.8. The maximum absolute atomic E-state index is 14.5. The zero-order chi connectivity index (χ0) is 41.7. The number of amides is 1. The highest BCUT2D eigenvalue weighted by molar-refractivity contribution is 6.10. The van der Waals surface area contributed by atoms with Crippen molar-refractivity contribution >= 4 is 22.6 Å². The molecule has 59 heavy (non-hydrogen) atoms. The number of allylic oxidation sites excluding steroid dienone is 2. The van der Waals surface area contributed by atoms with E-state index < -0.39 is 23.2 Å². The van der Waals surface area contributed by atoms with Gasteiger partial charge in [0, 0.05) is 28.2 Å². The maximum atomic E-state index is 14.5. The molecule has 0 spiro atoms. The molecule has 5 aromatic rings. The van der Waals surface area contributed by atoms with Crippen molar-refractivity contribution in [2.24, 2.45) is 5.41 Å². The van der Waals surface area contributed by atoms with E-state index in [1.165, 1.54) is 5.57 Å². The molecule has 3 aliphatic carbocycles. The summed E-state index contributed by atoms with van der Waals surface area (Å²) in [7, 11) is 4.76. The molecule has 2 bridgehead atoms. The van der Waals surface area contributed by atoms with Gasteiger partial charge in [-0.3, -0.25) is 4.79 Å². The fourth-order valence-corrected chi connectivity index (χ4v) is 9.18. The Morgan fingerprint density at radius 1 is 0.797 bits per heavy atom. The Kier molecular flexibility index (Phi) is 12.4. The SMILES string of the molecule is COc1ccc(C(=O)c2cc3ccc2C2CCC(O)(CN(Cc4ccc(OC)cc4OC)C(=O)Oc4ccc5ccccc5c4)C2(C)CCC=C(C)CCC(O)C3)cc1. The van der Waals surface area contributed by atoms with E-state index >= 15 is 0 Å². The van der Waals surface area contributed by atoms with Crippen LogP contribution in [0.4, 0.5) is 4.79 Å². The van der Waals surface area contributed by atoms with E-state index in [9.17, 15) is 19.8 Å². The average Bonchev–Trinajstić information content (AvgIpc) is 3.50. The molecule has 4 unspecified atom stereocenters. The Morgan fingerprint density at radius 3 is 2.27 bits per heavy atom. The van der Waals surface area contributed by atoms with Crippen molar-refractivity contribution in [3.63, 3.8) is 0 Å². The molecule has 9 heteroatoms. The summed E-state index contributed by atoms with van der Waals surface area (Å²) < 4.78 is 22.7. The van der Waals surface area contributed by atoms with Crippen LogP contribution < -0.4 is 18.9 Å². The molecule has 308 valence electrons. The lowest BCUT2D eigenvalue weighted by molar-refractivity contribution is -0.0802. The number of methoxy groups -OCH3 is 3. The Labute approximate surface area is 347 Å². The van der Waals surface area contributed by atoms with Gasteiger partial charge in [0.15, 0.2) is 5.78 Å². The summed E-state index contributed by atoms with van der Waals surface area (Å²) in [5.41, 5.74) is 2.52. The van der Waals surface area contributed by atoms with E-state index in [1.807, 2.05) is 66.7 Å². The first-order valence-electron chi connectivity index (χ1n) is 20.5. The number of fused-ring (bicyclic) bond motifs is 9. The van der Waals surface area contributed by atoms with Gasteiger partial charge in [0.2, 0.25) is 0 Å². The second kappa shape index (κ2) is 17.7. The number of ketones is 1. The van der Waals surface area contributed by atoms with Crippen molar-refractivity contribution in [3.8, 4) is 23.0 Å². The van der Waals surface area contributed by atoms with E-state index in [4.69, 9.17) is 18.9 Å². The van der Waals surface area contributed by atoms with Crippen molar-refractivity contribution in [3.05, 3.63) is 143 Å². The smallest absolute Gasteiger partial charge is 0.415 e. The van der Waals surface area contributed by atoms with Gasteiger partial charge in [-0.2, -0.15) is 0 Å². The largest absolute Gasteiger partial charge is 0.497 e. The second-order valence-electron chi connectivity index (χ2n) is 16.4. The van der Waals surface area contributed by atoms with Crippen LogP contribution >= 0.6 is 0 Å². The number of carbonyl (C=O) groups excluding carboxylic acids is 2. The Morgan fingerprint density at radius 2 is 1.53 bits per heavy atom. The van der Waals surface area contributed by atoms with E-state index in [-0.39, 0.29) is 24.8 Å². The van der Waals surface area contributed by atoms with Crippen molar-refractivity contribution < 1.29 is 38.7 Å². The summed E-state index contributed by atoms with van der Waals surface area (Å²) in [6.07, 6.45) is 5.03. The molecule has 9 nitrogen and oxygen atoms in total. The summed E-state index contributed by atoms with van der Waals surface area (Å²) in [6, 6.07) is 32.0. The topological polar surface area (TPSA) is 115 Å². The molecule has 1 fully saturated rings. The maximum Gasteiger partial charge on any atom is 0.415 e. The van der Waals surface area contributed by atoms with E-state index in [2.05, 4.69) is 19.9 Å². The van der Waals surface area contributed by atoms with Crippen molar-refractivity contribution in [2.45, 2.75) is 83.0 Å². The van der Waals surface area contributed by atoms with Gasteiger partial charge < -0.3 is 34.1 Å². The van der Waals surface area contributed by atoms with Crippen molar-refractivity contribution in [1.29, 1.82) is 0 Å². The van der Waals surface area contributed by atoms with Gasteiger partial charge in [-0.05, 0) is 134 Å². The highest BCUT2D eigenvalue weighted by atomic mass is 16.6. The van der Waals surface area contributed by atoms with Crippen LogP contribution in [0.25, 0.3) is 10.8 Å². The van der Waals surface area contributed by atoms with Crippen LogP contribution in [-0.4, -0.2) is 66.6 Å². The third-order valence-electron chi connectivity index (χ3n) is 12.8. The predicted molar refractivity (Wildman–Crippen MR) is 230 cm³/mol. The highest BCUT2D eigenvalue weighted by Gasteiger charge is 2.58. The van der Waals surface area contributed by atoms with Gasteiger partial charge in [-0.15, -0.1) is 0 Å². The molecule has 3 aliphatic rings. The summed E-state index contributed by atoms with van der Waals surface area (Å²) >= 11 is 0. The molecule has 0 aromatic heterocycles. The number of carbonyl (C=O) groups is 2. The fraction of sp³-hybridized carbons (Fsp3) is 0.360. The molecule has 0 heterocycles. The number of aliphatic hydroxyl groups excluding tert-OH is 1. The number of benzene rings is 5. The minimum Gasteiger partial charge on any atom is -0.497 e. The molecule has 1 saturated carbocycles. The monoisotopic (exact) mass is 797 g/mol. The lowest BCUT2D eigenvalue weighted by atomic mass is 9.64. The molecular formula is C50H55NO8. The number of hydrogen-bond donors (Lipinski definition) is 2. The number of ether oxygens (including phenoxy) is 4. The number of rotatable bonds is 10. The van der Waals surface area contributed by atoms with Gasteiger partial charge in [0.05, 0.1) is 46.1 Å². The Hall–Kier alpha value is -5.64. The molecule has 0 aliphatic heterocycles. The first-order valence-corrected chi connectivity index (χ1v) is 20.5. The van der Waals surface area contributed by atoms with Crippen LogP contribution in [0.5, 0.6) is 23.0 Å². The van der Waals surface area contributed by atoms with E-state index in [0.717, 1.165) is 33.9 Å². The van der Waals surface area contributed by atoms with Gasteiger partial charge in [0.1, 0.15) is 23.0 Å². The first-order chi connectivity index (χ1) is 28.4. The normalized spacial score (nSPS) is 21.8. The van der Waals surface area contributed by atoms with Gasteiger partial charge in [0.25, 0.3) is 0 Å². The minimum absolute atomic E-state index is 0.0314. The highest BCUT2D eigenvalue weighted by Crippen LogP contribution is 2.59. The van der Waals surface area contributed by atoms with E-state index in [0.29, 0.717) is 72.6 Å². The molecule has 8 rings (SSSR count). The zero-order valence-electron chi connectivity index (χ0n) is 34.7. The summed E-state index contributed by atoms with van der Waals surface area (Å²) in [5, 5.41) is 26.3. The average molecular weight is 798 g/mol. The summed E-state index contributed by atoms with van der Waals surface area (Å²) in [5.74, 6) is 1.83. The van der Waals surface area contributed by atoms with Crippen molar-refractivity contribution in [1.82, 2.24) is 4.90 Å². The van der Waals surface area contributed by atoms with Gasteiger partial charge in [-0.1, -0.05) is 61.0 Å². The Balaban J connectivity index is 1.30. The van der Waals surface area contributed by atoms with Gasteiger partial charge in [-0.25, -0.2) is 4.79 Å². The van der Waals surface area contributed by atoms with Crippen LogP contribution in [-0.2, 0) is 13.0 Å². The number of aliphatic hydroxyl groups is 2. The molecule has 1 amide bonds. The molecule has 4 atom stereocenters. The summed E-state index contributed by atoms with van der Waals surface area (Å²) in [6.45, 7) is 4.27. The van der Waals surface area contributed by atoms with Crippen molar-refractivity contribution in [2.75, 3.05) is 27.9 Å². The van der Waals surface area contributed by atoms with Gasteiger partial charge >= 0.3 is 6.09 Å². The van der Waals surface area contributed by atoms with Crippen LogP contribution in [0.1, 0.15) is 90.9 Å². The predicted octanol–water partition coefficient (Wildman–Crippen LogP) is 9.84. The standard InChI is InChI=1S/C50H55NO8/c1-33-9-8-25-49(2)45(43-23-13-34(27-39(52)18-12-33)28-44(43)47(53)36-15-19-40(56-3)20-16-36)24-26-50(49,55)32-51(31-38-17-21-41(57-4)30-46(38)58-5)48(54)59-42-22-14-35-10-6-7-11-37(35)29-42/h6-7,9-11,13-17,19-23,28-30,39,45,52,55H,8,12,18,24-27,31-32H2,1-5H3. The summed E-state index contributed by atoms with van der Waals surface area (Å²) in [4.78, 5) is 30.6. The van der Waals surface area contributed by atoms with Crippen LogP contribution in [0.3, 0.4) is 0 Å². The third kappa shape index (κ3) is 8.87. The van der Waals surface area contributed by atoms with Crippen LogP contribution in [0.15, 0.2) is 115 Å². The molecule has 2 N–H and O–H groups in total. The minimum atomic E-state index is -1.39. The molecule has 5 aromatic carbocycles. The second-order valence-corrected chi connectivity index (χ2v) is 16.4. The van der Waals surface area contributed by atoms with E-state index in [1.54, 1.807) is 62.6 Å². The lowest BCUT2D eigenvalue weighted by Crippen LogP contribution is -2.54. The number of nitrogens with zero attached hydrogens (tertiary/aromatic N) is 1.